The Kier molecular flexibility index (Phi) is 5.33. The second-order valence-electron chi connectivity index (χ2n) is 4.14. The van der Waals surface area contributed by atoms with Crippen molar-refractivity contribution in [3.63, 3.8) is 0 Å². The molecule has 110 valence electrons. The number of hydrazine groups is 1. The fraction of sp³-hybridized carbons (Fsp3) is 0.0714. The molecule has 3 nitrogen and oxygen atoms in total. The van der Waals surface area contributed by atoms with E-state index in [1.807, 2.05) is 5.43 Å². The van der Waals surface area contributed by atoms with Gasteiger partial charge in [0, 0.05) is 26.8 Å². The Hall–Kier alpha value is -1.44. The molecule has 0 aliphatic rings. The molecule has 0 aromatic heterocycles. The summed E-state index contributed by atoms with van der Waals surface area (Å²) in [6.07, 6.45) is 0. The van der Waals surface area contributed by atoms with E-state index in [-0.39, 0.29) is 5.91 Å². The summed E-state index contributed by atoms with van der Waals surface area (Å²) in [5.74, 6) is 3.97. The third kappa shape index (κ3) is 4.03. The van der Waals surface area contributed by atoms with Crippen LogP contribution in [0.1, 0.15) is 15.9 Å². The fourth-order valence-corrected chi connectivity index (χ4v) is 3.27. The van der Waals surface area contributed by atoms with Gasteiger partial charge in [-0.1, -0.05) is 22.0 Å². The third-order valence-electron chi connectivity index (χ3n) is 2.72. The van der Waals surface area contributed by atoms with Crippen molar-refractivity contribution in [3.8, 4) is 0 Å². The molecule has 3 N–H and O–H groups in total. The first-order chi connectivity index (χ1) is 10.0. The SMILES string of the molecule is NNC(=O)c1ccc(CSc2ccc(F)cc2F)c(Br)c1. The number of carbonyl (C=O) groups excluding carboxylic acids is 1. The zero-order chi connectivity index (χ0) is 15.4. The van der Waals surface area contributed by atoms with Crippen molar-refractivity contribution in [1.82, 2.24) is 5.43 Å². The average molecular weight is 373 g/mol. The van der Waals surface area contributed by atoms with Gasteiger partial charge in [0.05, 0.1) is 0 Å². The minimum Gasteiger partial charge on any atom is -0.290 e. The second-order valence-corrected chi connectivity index (χ2v) is 6.01. The van der Waals surface area contributed by atoms with E-state index in [1.165, 1.54) is 23.9 Å². The van der Waals surface area contributed by atoms with E-state index in [9.17, 15) is 13.6 Å². The molecule has 2 aromatic carbocycles. The monoisotopic (exact) mass is 372 g/mol. The van der Waals surface area contributed by atoms with Gasteiger partial charge in [0.2, 0.25) is 0 Å². The molecule has 0 saturated carbocycles. The van der Waals surface area contributed by atoms with Crippen molar-refractivity contribution < 1.29 is 13.6 Å². The number of benzene rings is 2. The van der Waals surface area contributed by atoms with E-state index in [0.717, 1.165) is 16.1 Å². The summed E-state index contributed by atoms with van der Waals surface area (Å²) in [5.41, 5.74) is 3.36. The van der Waals surface area contributed by atoms with Crippen LogP contribution in [0.25, 0.3) is 0 Å². The highest BCUT2D eigenvalue weighted by Gasteiger charge is 2.09. The Labute approximate surface area is 133 Å². The van der Waals surface area contributed by atoms with Crippen molar-refractivity contribution in [2.45, 2.75) is 10.6 Å². The zero-order valence-electron chi connectivity index (χ0n) is 10.7. The van der Waals surface area contributed by atoms with Gasteiger partial charge >= 0.3 is 0 Å². The Bertz CT molecular complexity index is 682. The molecule has 2 aromatic rings. The van der Waals surface area contributed by atoms with Gasteiger partial charge in [0.15, 0.2) is 0 Å². The van der Waals surface area contributed by atoms with Gasteiger partial charge in [-0.05, 0) is 29.8 Å². The average Bonchev–Trinajstić information content (AvgIpc) is 2.46. The zero-order valence-corrected chi connectivity index (χ0v) is 13.1. The van der Waals surface area contributed by atoms with Crippen LogP contribution in [0, 0.1) is 11.6 Å². The Morgan fingerprint density at radius 3 is 2.62 bits per heavy atom. The molecular weight excluding hydrogens is 362 g/mol. The van der Waals surface area contributed by atoms with Crippen LogP contribution in [0.3, 0.4) is 0 Å². The molecule has 0 atom stereocenters. The summed E-state index contributed by atoms with van der Waals surface area (Å²) in [4.78, 5) is 11.8. The van der Waals surface area contributed by atoms with Crippen LogP contribution in [-0.4, -0.2) is 5.91 Å². The lowest BCUT2D eigenvalue weighted by molar-refractivity contribution is 0.0953. The standard InChI is InChI=1S/C14H11BrF2N2OS/c15-11-5-8(14(20)19-18)1-2-9(11)7-21-13-4-3-10(16)6-12(13)17/h1-6H,7,18H2,(H,19,20). The number of nitrogens with two attached hydrogens (primary N) is 1. The van der Waals surface area contributed by atoms with Gasteiger partial charge in [-0.25, -0.2) is 14.6 Å². The highest BCUT2D eigenvalue weighted by molar-refractivity contribution is 9.10. The predicted molar refractivity (Wildman–Crippen MR) is 81.7 cm³/mol. The van der Waals surface area contributed by atoms with Crippen LogP contribution in [0.5, 0.6) is 0 Å². The maximum absolute atomic E-state index is 13.5. The maximum atomic E-state index is 13.5. The molecule has 0 fully saturated rings. The molecule has 21 heavy (non-hydrogen) atoms. The fourth-order valence-electron chi connectivity index (χ4n) is 1.64. The molecule has 0 heterocycles. The lowest BCUT2D eigenvalue weighted by atomic mass is 10.1. The van der Waals surface area contributed by atoms with Crippen LogP contribution in [0.15, 0.2) is 45.8 Å². The van der Waals surface area contributed by atoms with Crippen molar-refractivity contribution in [2.24, 2.45) is 5.84 Å². The Balaban J connectivity index is 2.11. The molecule has 0 radical (unpaired) electrons. The van der Waals surface area contributed by atoms with E-state index in [2.05, 4.69) is 15.9 Å². The lowest BCUT2D eigenvalue weighted by Gasteiger charge is -2.07. The lowest BCUT2D eigenvalue weighted by Crippen LogP contribution is -2.29. The van der Waals surface area contributed by atoms with Crippen molar-refractivity contribution >= 4 is 33.6 Å². The Morgan fingerprint density at radius 2 is 2.00 bits per heavy atom. The quantitative estimate of drug-likeness (QED) is 0.373. The topological polar surface area (TPSA) is 55.1 Å². The van der Waals surface area contributed by atoms with Crippen LogP contribution in [0.2, 0.25) is 0 Å². The number of hydrogen-bond donors (Lipinski definition) is 2. The van der Waals surface area contributed by atoms with Crippen LogP contribution < -0.4 is 11.3 Å². The largest absolute Gasteiger partial charge is 0.290 e. The molecule has 0 spiro atoms. The minimum atomic E-state index is -0.602. The summed E-state index contributed by atoms with van der Waals surface area (Å²) in [5, 5.41) is 0. The van der Waals surface area contributed by atoms with Crippen LogP contribution in [-0.2, 0) is 5.75 Å². The molecule has 0 aliphatic carbocycles. The maximum Gasteiger partial charge on any atom is 0.265 e. The van der Waals surface area contributed by atoms with Gasteiger partial charge in [-0.15, -0.1) is 11.8 Å². The molecule has 1 amide bonds. The first kappa shape index (κ1) is 15.9. The van der Waals surface area contributed by atoms with Crippen molar-refractivity contribution in [1.29, 1.82) is 0 Å². The number of halogens is 3. The number of rotatable bonds is 4. The number of hydrogen-bond acceptors (Lipinski definition) is 3. The number of nitrogens with one attached hydrogen (secondary N) is 1. The summed E-state index contributed by atoms with van der Waals surface area (Å²) >= 11 is 4.61. The molecule has 0 aliphatic heterocycles. The highest BCUT2D eigenvalue weighted by Crippen LogP contribution is 2.29. The van der Waals surface area contributed by atoms with Gasteiger partial charge in [-0.3, -0.25) is 10.2 Å². The Morgan fingerprint density at radius 1 is 1.24 bits per heavy atom. The molecule has 7 heteroatoms. The van der Waals surface area contributed by atoms with Crippen LogP contribution >= 0.6 is 27.7 Å². The smallest absolute Gasteiger partial charge is 0.265 e. The van der Waals surface area contributed by atoms with Crippen molar-refractivity contribution in [3.05, 3.63) is 63.6 Å². The van der Waals surface area contributed by atoms with Gasteiger partial charge in [0.1, 0.15) is 11.6 Å². The van der Waals surface area contributed by atoms with E-state index >= 15 is 0 Å². The van der Waals surface area contributed by atoms with E-state index in [1.54, 1.807) is 18.2 Å². The normalized spacial score (nSPS) is 10.5. The second kappa shape index (κ2) is 7.02. The molecule has 2 rings (SSSR count). The first-order valence-corrected chi connectivity index (χ1v) is 7.66. The van der Waals surface area contributed by atoms with Gasteiger partial charge in [0.25, 0.3) is 5.91 Å². The summed E-state index contributed by atoms with van der Waals surface area (Å²) in [6.45, 7) is 0. The van der Waals surface area contributed by atoms with E-state index < -0.39 is 11.6 Å². The first-order valence-electron chi connectivity index (χ1n) is 5.88. The number of nitrogen functional groups attached to an aromatic ring is 1. The van der Waals surface area contributed by atoms with E-state index in [4.69, 9.17) is 5.84 Å². The number of thioether (sulfide) groups is 1. The number of carbonyl (C=O) groups is 1. The molecular formula is C14H11BrF2N2OS. The van der Waals surface area contributed by atoms with Crippen molar-refractivity contribution in [2.75, 3.05) is 0 Å². The van der Waals surface area contributed by atoms with Crippen LogP contribution in [0.4, 0.5) is 8.78 Å². The molecule has 0 saturated heterocycles. The molecule has 0 bridgehead atoms. The number of amides is 1. The van der Waals surface area contributed by atoms with Gasteiger partial charge < -0.3 is 0 Å². The summed E-state index contributed by atoms with van der Waals surface area (Å²) < 4.78 is 27.1. The van der Waals surface area contributed by atoms with E-state index in [0.29, 0.717) is 16.2 Å². The third-order valence-corrected chi connectivity index (χ3v) is 4.56. The summed E-state index contributed by atoms with van der Waals surface area (Å²) in [6, 6.07) is 8.49. The molecule has 0 unspecified atom stereocenters. The minimum absolute atomic E-state index is 0.368. The van der Waals surface area contributed by atoms with Gasteiger partial charge in [-0.2, -0.15) is 0 Å². The summed E-state index contributed by atoms with van der Waals surface area (Å²) in [7, 11) is 0. The highest BCUT2D eigenvalue weighted by atomic mass is 79.9. The predicted octanol–water partition coefficient (Wildman–Crippen LogP) is 3.62.